The Labute approximate surface area is 257 Å². The third-order valence-electron chi connectivity index (χ3n) is 9.87. The van der Waals surface area contributed by atoms with E-state index in [4.69, 9.17) is 0 Å². The van der Waals surface area contributed by atoms with Gasteiger partial charge in [0.25, 0.3) is 11.5 Å². The molecule has 0 radical (unpaired) electrons. The lowest BCUT2D eigenvalue weighted by molar-refractivity contribution is 0.0839. The van der Waals surface area contributed by atoms with Gasteiger partial charge in [0.2, 0.25) is 10.0 Å². The van der Waals surface area contributed by atoms with Gasteiger partial charge in [-0.3, -0.25) is 14.5 Å². The number of unbranched alkanes of at least 4 members (excludes halogenated alkanes) is 5. The first kappa shape index (κ1) is 32.1. The van der Waals surface area contributed by atoms with Crippen LogP contribution in [0.15, 0.2) is 35.1 Å². The molecule has 3 aliphatic heterocycles. The number of hydrogen-bond acceptors (Lipinski definition) is 6. The van der Waals surface area contributed by atoms with E-state index >= 15 is 0 Å². The quantitative estimate of drug-likeness (QED) is 0.340. The molecular weight excluding hydrogens is 562 g/mol. The van der Waals surface area contributed by atoms with Crippen molar-refractivity contribution in [2.24, 2.45) is 0 Å². The number of rotatable bonds is 13. The second-order valence-corrected chi connectivity index (χ2v) is 15.3. The van der Waals surface area contributed by atoms with Crippen molar-refractivity contribution in [1.29, 1.82) is 0 Å². The van der Waals surface area contributed by atoms with Crippen LogP contribution < -0.4 is 10.9 Å². The fourth-order valence-electron chi connectivity index (χ4n) is 7.60. The monoisotopic (exact) mass is 613 g/mol. The van der Waals surface area contributed by atoms with Crippen LogP contribution in [0.25, 0.3) is 10.9 Å². The van der Waals surface area contributed by atoms with Crippen LogP contribution in [0, 0.1) is 0 Å². The molecule has 3 saturated heterocycles. The van der Waals surface area contributed by atoms with E-state index in [1.54, 1.807) is 14.9 Å². The predicted molar refractivity (Wildman–Crippen MR) is 173 cm³/mol. The molecule has 10 heteroatoms. The number of fused-ring (bicyclic) bond motifs is 3. The molecular formula is C33H51N5O4S. The molecule has 4 heterocycles. The number of amides is 1. The Morgan fingerprint density at radius 3 is 2.14 bits per heavy atom. The molecule has 1 aromatic carbocycles. The maximum atomic E-state index is 13.4. The highest BCUT2D eigenvalue weighted by molar-refractivity contribution is 7.88. The fraction of sp³-hybridized carbons (Fsp3) is 0.697. The first-order valence-corrected chi connectivity index (χ1v) is 18.3. The maximum Gasteiger partial charge on any atom is 0.264 e. The number of pyridine rings is 1. The topological polar surface area (TPSA) is 95.0 Å². The van der Waals surface area contributed by atoms with Crippen molar-refractivity contribution in [3.8, 4) is 0 Å². The zero-order chi connectivity index (χ0) is 30.6. The minimum absolute atomic E-state index is 0.0268. The zero-order valence-electron chi connectivity index (χ0n) is 26.3. The van der Waals surface area contributed by atoms with Gasteiger partial charge >= 0.3 is 0 Å². The van der Waals surface area contributed by atoms with Gasteiger partial charge in [-0.25, -0.2) is 8.42 Å². The highest BCUT2D eigenvalue weighted by Gasteiger charge is 2.40. The Hall–Kier alpha value is -2.27. The SMILES string of the molecule is CC(C)n1c(=O)c(C(=O)NC2C[C@H]3CC[C@H](C2)N3CCCCCCCCN2CCN(S(C)(=O)=O)CC2)cc2ccccc21. The third kappa shape index (κ3) is 7.88. The zero-order valence-corrected chi connectivity index (χ0v) is 27.2. The van der Waals surface area contributed by atoms with E-state index in [1.807, 2.05) is 38.1 Å². The summed E-state index contributed by atoms with van der Waals surface area (Å²) in [6.07, 6.45) is 13.1. The molecule has 2 aromatic rings. The average Bonchev–Trinajstić information content (AvgIpc) is 3.20. The van der Waals surface area contributed by atoms with Gasteiger partial charge < -0.3 is 14.8 Å². The van der Waals surface area contributed by atoms with E-state index < -0.39 is 10.0 Å². The molecule has 2 bridgehead atoms. The first-order valence-electron chi connectivity index (χ1n) is 16.5. The summed E-state index contributed by atoms with van der Waals surface area (Å²) in [6.45, 7) is 9.11. The summed E-state index contributed by atoms with van der Waals surface area (Å²) in [7, 11) is -3.05. The van der Waals surface area contributed by atoms with Gasteiger partial charge in [0, 0.05) is 50.3 Å². The van der Waals surface area contributed by atoms with Gasteiger partial charge in [0.15, 0.2) is 0 Å². The van der Waals surface area contributed by atoms with Crippen LogP contribution in [0.4, 0.5) is 0 Å². The summed E-state index contributed by atoms with van der Waals surface area (Å²) in [5, 5.41) is 4.16. The van der Waals surface area contributed by atoms with Crippen molar-refractivity contribution in [3.63, 3.8) is 0 Å². The van der Waals surface area contributed by atoms with Crippen LogP contribution in [-0.2, 0) is 10.0 Å². The fourth-order valence-corrected chi connectivity index (χ4v) is 8.43. The number of para-hydroxylation sites is 1. The summed E-state index contributed by atoms with van der Waals surface area (Å²) in [4.78, 5) is 31.8. The number of piperidine rings is 1. The lowest BCUT2D eigenvalue weighted by Gasteiger charge is -2.39. The number of carbonyl (C=O) groups is 1. The van der Waals surface area contributed by atoms with E-state index in [0.717, 1.165) is 49.9 Å². The van der Waals surface area contributed by atoms with Crippen LogP contribution in [-0.4, -0.2) is 96.6 Å². The van der Waals surface area contributed by atoms with Crippen LogP contribution in [0.2, 0.25) is 0 Å². The van der Waals surface area contributed by atoms with Crippen molar-refractivity contribution in [1.82, 2.24) is 24.0 Å². The number of carbonyl (C=O) groups excluding carboxylic acids is 1. The number of nitrogens with one attached hydrogen (secondary N) is 1. The highest BCUT2D eigenvalue weighted by Crippen LogP contribution is 2.36. The number of piperazine rings is 1. The van der Waals surface area contributed by atoms with Gasteiger partial charge in [-0.1, -0.05) is 43.9 Å². The molecule has 5 rings (SSSR count). The van der Waals surface area contributed by atoms with E-state index in [2.05, 4.69) is 15.1 Å². The molecule has 1 amide bonds. The average molecular weight is 614 g/mol. The lowest BCUT2D eigenvalue weighted by atomic mass is 9.96. The molecule has 9 nitrogen and oxygen atoms in total. The van der Waals surface area contributed by atoms with Crippen molar-refractivity contribution >= 4 is 26.8 Å². The van der Waals surface area contributed by atoms with Crippen LogP contribution in [0.1, 0.15) is 94.5 Å². The van der Waals surface area contributed by atoms with E-state index in [1.165, 1.54) is 57.6 Å². The number of benzene rings is 1. The van der Waals surface area contributed by atoms with E-state index in [0.29, 0.717) is 25.2 Å². The van der Waals surface area contributed by atoms with Crippen LogP contribution in [0.5, 0.6) is 0 Å². The minimum atomic E-state index is -3.05. The lowest BCUT2D eigenvalue weighted by Crippen LogP contribution is -2.51. The number of sulfonamides is 1. The number of nitrogens with zero attached hydrogens (tertiary/aromatic N) is 4. The van der Waals surface area contributed by atoms with Gasteiger partial charge in [-0.15, -0.1) is 0 Å². The standard InChI is InChI=1S/C33H51N5O4S/c1-25(2)38-31-13-9-8-12-26(31)22-30(33(38)40)32(39)34-27-23-28-14-15-29(24-27)37(28)17-11-7-5-4-6-10-16-35-18-20-36(21-19-35)43(3,41)42/h8-9,12-13,22,25,27-29H,4-7,10-11,14-21,23-24H2,1-3H3,(H,34,39)/t28-,29-/m1/s1. The Balaban J connectivity index is 1.01. The number of hydrogen-bond donors (Lipinski definition) is 1. The Morgan fingerprint density at radius 1 is 0.907 bits per heavy atom. The number of aromatic nitrogens is 1. The summed E-state index contributed by atoms with van der Waals surface area (Å²) in [6, 6.07) is 10.7. The molecule has 3 fully saturated rings. The molecule has 43 heavy (non-hydrogen) atoms. The van der Waals surface area contributed by atoms with Crippen molar-refractivity contribution in [2.75, 3.05) is 45.5 Å². The molecule has 1 N–H and O–H groups in total. The third-order valence-corrected chi connectivity index (χ3v) is 11.2. The Bertz CT molecular complexity index is 1400. The predicted octanol–water partition coefficient (Wildman–Crippen LogP) is 4.23. The largest absolute Gasteiger partial charge is 0.349 e. The van der Waals surface area contributed by atoms with Gasteiger partial charge in [0.1, 0.15) is 5.56 Å². The van der Waals surface area contributed by atoms with Crippen molar-refractivity contribution < 1.29 is 13.2 Å². The molecule has 238 valence electrons. The van der Waals surface area contributed by atoms with Gasteiger partial charge in [-0.05, 0) is 83.0 Å². The summed E-state index contributed by atoms with van der Waals surface area (Å²) >= 11 is 0. The summed E-state index contributed by atoms with van der Waals surface area (Å²) < 4.78 is 26.7. The second-order valence-electron chi connectivity index (χ2n) is 13.3. The Morgan fingerprint density at radius 2 is 1.51 bits per heavy atom. The van der Waals surface area contributed by atoms with Crippen molar-refractivity contribution in [3.05, 3.63) is 46.2 Å². The molecule has 0 aliphatic carbocycles. The van der Waals surface area contributed by atoms with Crippen LogP contribution in [0.3, 0.4) is 0 Å². The summed E-state index contributed by atoms with van der Waals surface area (Å²) in [5.74, 6) is -0.237. The highest BCUT2D eigenvalue weighted by atomic mass is 32.2. The van der Waals surface area contributed by atoms with Gasteiger partial charge in [-0.2, -0.15) is 4.31 Å². The molecule has 0 spiro atoms. The van der Waals surface area contributed by atoms with Crippen molar-refractivity contribution in [2.45, 2.75) is 102 Å². The summed E-state index contributed by atoms with van der Waals surface area (Å²) in [5.41, 5.74) is 0.906. The van der Waals surface area contributed by atoms with E-state index in [-0.39, 0.29) is 29.1 Å². The minimum Gasteiger partial charge on any atom is -0.349 e. The molecule has 1 aromatic heterocycles. The molecule has 0 unspecified atom stereocenters. The normalized spacial score (nSPS) is 23.8. The Kier molecular flexibility index (Phi) is 10.6. The first-order chi connectivity index (χ1) is 20.6. The molecule has 2 atom stereocenters. The second kappa shape index (κ2) is 14.2. The van der Waals surface area contributed by atoms with E-state index in [9.17, 15) is 18.0 Å². The van der Waals surface area contributed by atoms with Gasteiger partial charge in [0.05, 0.1) is 11.8 Å². The molecule has 0 saturated carbocycles. The van der Waals surface area contributed by atoms with Crippen LogP contribution >= 0.6 is 0 Å². The smallest absolute Gasteiger partial charge is 0.264 e. The molecule has 3 aliphatic rings. The maximum absolute atomic E-state index is 13.4.